The van der Waals surface area contributed by atoms with Crippen molar-refractivity contribution in [3.63, 3.8) is 0 Å². The second kappa shape index (κ2) is 13.0. The van der Waals surface area contributed by atoms with Gasteiger partial charge in [0.25, 0.3) is 5.91 Å². The first kappa shape index (κ1) is 27.1. The molecule has 5 rings (SSSR count). The summed E-state index contributed by atoms with van der Waals surface area (Å²) in [6.45, 7) is 16.3. The lowest BCUT2D eigenvalue weighted by atomic mass is 10.0. The number of benzene rings is 1. The van der Waals surface area contributed by atoms with Gasteiger partial charge in [-0.15, -0.1) is 0 Å². The molecule has 1 amide bonds. The third-order valence-corrected chi connectivity index (χ3v) is 6.90. The number of fused-ring (bicyclic) bond motifs is 2. The first-order chi connectivity index (χ1) is 17.1. The molecule has 3 aliphatic rings. The van der Waals surface area contributed by atoms with Gasteiger partial charge in [0.2, 0.25) is 0 Å². The molecule has 0 unspecified atom stereocenters. The number of nitrogens with zero attached hydrogens (tertiary/aromatic N) is 2. The fourth-order valence-electron chi connectivity index (χ4n) is 4.81. The number of anilines is 1. The first-order valence-electron chi connectivity index (χ1n) is 12.4. The van der Waals surface area contributed by atoms with E-state index in [2.05, 4.69) is 27.0 Å². The Morgan fingerprint density at radius 1 is 1.11 bits per heavy atom. The number of ether oxygens (including phenoxy) is 1. The van der Waals surface area contributed by atoms with E-state index >= 15 is 0 Å². The quantitative estimate of drug-likeness (QED) is 0.609. The molecule has 7 nitrogen and oxygen atoms in total. The summed E-state index contributed by atoms with van der Waals surface area (Å²) >= 11 is 6.17. The van der Waals surface area contributed by atoms with Crippen LogP contribution in [0.25, 0.3) is 11.6 Å². The van der Waals surface area contributed by atoms with Crippen LogP contribution in [0.5, 0.6) is 0 Å². The van der Waals surface area contributed by atoms with Crippen molar-refractivity contribution in [1.82, 2.24) is 14.8 Å². The van der Waals surface area contributed by atoms with Crippen LogP contribution < -0.4 is 5.32 Å². The first-order valence-corrected chi connectivity index (χ1v) is 12.8. The van der Waals surface area contributed by atoms with Gasteiger partial charge in [0.1, 0.15) is 6.79 Å². The lowest BCUT2D eigenvalue weighted by Gasteiger charge is -2.30. The molecule has 8 heteroatoms. The summed E-state index contributed by atoms with van der Waals surface area (Å²) in [6.07, 6.45) is 4.12. The number of aromatic nitrogens is 1. The summed E-state index contributed by atoms with van der Waals surface area (Å²) in [4.78, 5) is 29.2. The number of carbonyl (C=O) groups is 2. The molecule has 0 atom stereocenters. The average molecular weight is 501 g/mol. The van der Waals surface area contributed by atoms with Crippen LogP contribution in [0.4, 0.5) is 5.69 Å². The molecule has 3 aliphatic heterocycles. The lowest BCUT2D eigenvalue weighted by molar-refractivity contribution is -0.110. The number of H-pyrrole nitrogens is 1. The predicted molar refractivity (Wildman–Crippen MR) is 143 cm³/mol. The number of aromatic amines is 1. The highest BCUT2D eigenvalue weighted by molar-refractivity contribution is 6.36. The third kappa shape index (κ3) is 6.41. The van der Waals surface area contributed by atoms with E-state index in [1.165, 1.54) is 16.8 Å². The lowest BCUT2D eigenvalue weighted by Crippen LogP contribution is -2.38. The molecule has 4 heterocycles. The molecule has 1 saturated heterocycles. The van der Waals surface area contributed by atoms with Gasteiger partial charge in [0.05, 0.1) is 12.2 Å². The predicted octanol–water partition coefficient (Wildman–Crippen LogP) is 4.39. The van der Waals surface area contributed by atoms with E-state index < -0.39 is 0 Å². The SMILES string of the molecule is C=O.CC.Cc1c(/C=C2\C(=O)Nc3ccc(Cl)cc32)[nH]c2c1CN(CCN1CCCOCC1)CC2. The minimum Gasteiger partial charge on any atom is -0.380 e. The topological polar surface area (TPSA) is 77.7 Å². The van der Waals surface area contributed by atoms with Crippen LogP contribution in [0, 0.1) is 6.92 Å². The van der Waals surface area contributed by atoms with Crippen molar-refractivity contribution in [3.05, 3.63) is 51.3 Å². The second-order valence-corrected chi connectivity index (χ2v) is 9.09. The van der Waals surface area contributed by atoms with Crippen LogP contribution in [0.2, 0.25) is 5.02 Å². The molecule has 0 saturated carbocycles. The van der Waals surface area contributed by atoms with Crippen molar-refractivity contribution in [3.8, 4) is 0 Å². The summed E-state index contributed by atoms with van der Waals surface area (Å²) < 4.78 is 5.57. The number of amides is 1. The maximum Gasteiger partial charge on any atom is 0.256 e. The number of nitrogens with one attached hydrogen (secondary N) is 2. The maximum atomic E-state index is 12.6. The van der Waals surface area contributed by atoms with Crippen LogP contribution in [-0.4, -0.2) is 73.4 Å². The molecular formula is C27H37ClN4O3. The van der Waals surface area contributed by atoms with Crippen LogP contribution >= 0.6 is 11.6 Å². The Labute approximate surface area is 213 Å². The Hall–Kier alpha value is -2.45. The van der Waals surface area contributed by atoms with Gasteiger partial charge >= 0.3 is 0 Å². The highest BCUT2D eigenvalue weighted by Crippen LogP contribution is 2.36. The van der Waals surface area contributed by atoms with E-state index in [1.54, 1.807) is 6.07 Å². The van der Waals surface area contributed by atoms with Gasteiger partial charge in [-0.05, 0) is 48.7 Å². The monoisotopic (exact) mass is 500 g/mol. The number of hydrogen-bond donors (Lipinski definition) is 2. The standard InChI is InChI=1S/C24H29ClN4O2.C2H6.CH2O/c1-16-20-15-29(9-8-28-6-2-11-31-12-10-28)7-5-22(20)26-23(16)14-19-18-13-17(25)3-4-21(18)27-24(19)30;2*1-2/h3-4,13-14,26H,2,5-12,15H2,1H3,(H,27,30);1-2H3;1H2/b19-14-;;. The van der Waals surface area contributed by atoms with Gasteiger partial charge in [-0.3, -0.25) is 14.6 Å². The zero-order valence-electron chi connectivity index (χ0n) is 21.1. The van der Waals surface area contributed by atoms with Gasteiger partial charge in [-0.2, -0.15) is 0 Å². The van der Waals surface area contributed by atoms with Crippen LogP contribution in [-0.2, 0) is 27.3 Å². The van der Waals surface area contributed by atoms with Crippen LogP contribution in [0.3, 0.4) is 0 Å². The van der Waals surface area contributed by atoms with Gasteiger partial charge in [0, 0.05) is 80.0 Å². The van der Waals surface area contributed by atoms with Gasteiger partial charge < -0.3 is 19.8 Å². The molecule has 0 bridgehead atoms. The summed E-state index contributed by atoms with van der Waals surface area (Å²) in [5, 5.41) is 3.57. The van der Waals surface area contributed by atoms with E-state index in [1.807, 2.05) is 38.8 Å². The normalized spacial score (nSPS) is 19.0. The van der Waals surface area contributed by atoms with Crippen molar-refractivity contribution in [2.24, 2.45) is 0 Å². The smallest absolute Gasteiger partial charge is 0.256 e. The molecule has 1 aromatic carbocycles. The van der Waals surface area contributed by atoms with E-state index in [-0.39, 0.29) is 5.91 Å². The highest BCUT2D eigenvalue weighted by atomic mass is 35.5. The second-order valence-electron chi connectivity index (χ2n) is 8.66. The fraction of sp³-hybridized carbons (Fsp3) is 0.481. The zero-order valence-corrected chi connectivity index (χ0v) is 21.8. The van der Waals surface area contributed by atoms with Crippen molar-refractivity contribution in [1.29, 1.82) is 0 Å². The number of halogens is 1. The molecule has 0 spiro atoms. The number of hydrogen-bond acceptors (Lipinski definition) is 5. The molecular weight excluding hydrogens is 464 g/mol. The molecule has 2 aromatic rings. The minimum absolute atomic E-state index is 0.0766. The summed E-state index contributed by atoms with van der Waals surface area (Å²) in [7, 11) is 0. The Kier molecular flexibility index (Phi) is 10.1. The van der Waals surface area contributed by atoms with E-state index in [0.717, 1.165) is 82.3 Å². The fourth-order valence-corrected chi connectivity index (χ4v) is 4.98. The molecule has 0 aliphatic carbocycles. The number of carbonyl (C=O) groups excluding carboxylic acids is 2. The Balaban J connectivity index is 0.000000815. The van der Waals surface area contributed by atoms with Crippen molar-refractivity contribution < 1.29 is 14.3 Å². The minimum atomic E-state index is -0.0766. The Bertz CT molecular complexity index is 1040. The molecule has 190 valence electrons. The van der Waals surface area contributed by atoms with Gasteiger partial charge in [-0.1, -0.05) is 25.4 Å². The molecule has 1 aromatic heterocycles. The van der Waals surface area contributed by atoms with Crippen molar-refractivity contribution >= 4 is 41.6 Å². The van der Waals surface area contributed by atoms with Gasteiger partial charge in [0.15, 0.2) is 0 Å². The summed E-state index contributed by atoms with van der Waals surface area (Å²) in [5.74, 6) is -0.0766. The van der Waals surface area contributed by atoms with Crippen LogP contribution in [0.1, 0.15) is 48.3 Å². The summed E-state index contributed by atoms with van der Waals surface area (Å²) in [5.41, 5.74) is 7.29. The Morgan fingerprint density at radius 3 is 2.69 bits per heavy atom. The van der Waals surface area contributed by atoms with Crippen molar-refractivity contribution in [2.45, 2.75) is 40.2 Å². The van der Waals surface area contributed by atoms with E-state index in [9.17, 15) is 4.79 Å². The van der Waals surface area contributed by atoms with Crippen molar-refractivity contribution in [2.75, 3.05) is 51.3 Å². The third-order valence-electron chi connectivity index (χ3n) is 6.67. The zero-order chi connectivity index (χ0) is 25.4. The largest absolute Gasteiger partial charge is 0.380 e. The van der Waals surface area contributed by atoms with E-state index in [4.69, 9.17) is 21.1 Å². The highest BCUT2D eigenvalue weighted by Gasteiger charge is 2.26. The molecule has 35 heavy (non-hydrogen) atoms. The van der Waals surface area contributed by atoms with Gasteiger partial charge in [-0.25, -0.2) is 0 Å². The Morgan fingerprint density at radius 2 is 1.89 bits per heavy atom. The van der Waals surface area contributed by atoms with Crippen LogP contribution in [0.15, 0.2) is 18.2 Å². The molecule has 0 radical (unpaired) electrons. The summed E-state index contributed by atoms with van der Waals surface area (Å²) in [6, 6.07) is 5.52. The van der Waals surface area contributed by atoms with E-state index in [0.29, 0.717) is 10.6 Å². The number of rotatable bonds is 4. The molecule has 1 fully saturated rings. The molecule has 2 N–H and O–H groups in total. The average Bonchev–Trinajstić information content (AvgIpc) is 3.21. The maximum absolute atomic E-state index is 12.6.